The topological polar surface area (TPSA) is 146 Å². The van der Waals surface area contributed by atoms with Gasteiger partial charge in [0.05, 0.1) is 27.2 Å². The van der Waals surface area contributed by atoms with Gasteiger partial charge in [-0.25, -0.2) is 13.2 Å². The fourth-order valence-corrected chi connectivity index (χ4v) is 4.01. The summed E-state index contributed by atoms with van der Waals surface area (Å²) in [6, 6.07) is 17.3. The van der Waals surface area contributed by atoms with Gasteiger partial charge in [-0.1, -0.05) is 29.8 Å². The number of hydrogen-bond donors (Lipinski definition) is 3. The number of hydrogen-bond acceptors (Lipinski definition) is 7. The molecule has 9 nitrogen and oxygen atoms in total. The van der Waals surface area contributed by atoms with Crippen LogP contribution in [0.4, 0.5) is 11.4 Å². The maximum absolute atomic E-state index is 12.7. The predicted molar refractivity (Wildman–Crippen MR) is 120 cm³/mol. The summed E-state index contributed by atoms with van der Waals surface area (Å²) in [4.78, 5) is 24.1. The molecule has 0 spiro atoms. The zero-order chi connectivity index (χ0) is 24.0. The summed E-state index contributed by atoms with van der Waals surface area (Å²) < 4.78 is 32.5. The molecule has 0 aliphatic heterocycles. The van der Waals surface area contributed by atoms with Crippen LogP contribution in [0.15, 0.2) is 71.6 Å². The Morgan fingerprint density at radius 1 is 1.06 bits per heavy atom. The van der Waals surface area contributed by atoms with Crippen LogP contribution in [0.1, 0.15) is 15.9 Å². The molecule has 0 aliphatic rings. The Morgan fingerprint density at radius 3 is 2.55 bits per heavy atom. The number of carbonyl (C=O) groups excluding carboxylic acids is 2. The molecule has 0 saturated heterocycles. The van der Waals surface area contributed by atoms with Gasteiger partial charge in [-0.15, -0.1) is 0 Å². The Bertz CT molecular complexity index is 1370. The van der Waals surface area contributed by atoms with Crippen LogP contribution >= 0.6 is 11.6 Å². The van der Waals surface area contributed by atoms with Crippen LogP contribution in [0, 0.1) is 11.3 Å². The first kappa shape index (κ1) is 23.6. The zero-order valence-corrected chi connectivity index (χ0v) is 18.4. The molecule has 3 aromatic rings. The van der Waals surface area contributed by atoms with Crippen LogP contribution in [-0.2, 0) is 19.6 Å². The number of anilines is 2. The molecule has 168 valence electrons. The van der Waals surface area contributed by atoms with Gasteiger partial charge in [-0.05, 0) is 48.5 Å². The minimum atomic E-state index is -4.15. The van der Waals surface area contributed by atoms with E-state index in [0.717, 1.165) is 18.2 Å². The number of esters is 1. The Balaban J connectivity index is 1.70. The highest BCUT2D eigenvalue weighted by Gasteiger charge is 2.21. The number of ether oxygens (including phenoxy) is 1. The van der Waals surface area contributed by atoms with Crippen LogP contribution in [-0.4, -0.2) is 32.0 Å². The van der Waals surface area contributed by atoms with Crippen molar-refractivity contribution in [3.63, 3.8) is 0 Å². The van der Waals surface area contributed by atoms with Gasteiger partial charge in [0.1, 0.15) is 11.3 Å². The summed E-state index contributed by atoms with van der Waals surface area (Å²) in [6.07, 6.45) is 0. The quantitative estimate of drug-likeness (QED) is 0.434. The molecule has 1 amide bonds. The lowest BCUT2D eigenvalue weighted by molar-refractivity contribution is -0.119. The first-order valence-electron chi connectivity index (χ1n) is 9.27. The first-order chi connectivity index (χ1) is 15.7. The van der Waals surface area contributed by atoms with Gasteiger partial charge in [-0.2, -0.15) is 5.26 Å². The van der Waals surface area contributed by atoms with Crippen molar-refractivity contribution in [2.45, 2.75) is 4.90 Å². The van der Waals surface area contributed by atoms with E-state index < -0.39 is 39.8 Å². The van der Waals surface area contributed by atoms with Gasteiger partial charge in [-0.3, -0.25) is 9.52 Å². The van der Waals surface area contributed by atoms with Crippen molar-refractivity contribution >= 4 is 44.9 Å². The summed E-state index contributed by atoms with van der Waals surface area (Å²) in [5, 5.41) is 21.5. The predicted octanol–water partition coefficient (Wildman–Crippen LogP) is 3.51. The van der Waals surface area contributed by atoms with E-state index >= 15 is 0 Å². The third kappa shape index (κ3) is 6.00. The summed E-state index contributed by atoms with van der Waals surface area (Å²) in [7, 11) is -4.15. The molecular formula is C22H16ClN3O6S. The van der Waals surface area contributed by atoms with Crippen molar-refractivity contribution in [2.75, 3.05) is 16.6 Å². The Kier molecular flexibility index (Phi) is 7.17. The molecule has 3 aromatic carbocycles. The minimum Gasteiger partial charge on any atom is -0.507 e. The van der Waals surface area contributed by atoms with E-state index in [2.05, 4.69) is 10.0 Å². The standard InChI is InChI=1S/C22H16ClN3O6S/c23-18-6-1-2-7-19(18)26-33(30,31)16-8-9-20(27)17(11-16)22(29)32-13-21(28)25-15-5-3-4-14(10-15)12-24/h1-11,26-27H,13H2,(H,25,28). The summed E-state index contributed by atoms with van der Waals surface area (Å²) in [5.41, 5.74) is 0.347. The maximum Gasteiger partial charge on any atom is 0.342 e. The molecule has 0 aromatic heterocycles. The number of phenols is 1. The third-order valence-electron chi connectivity index (χ3n) is 4.23. The third-order valence-corrected chi connectivity index (χ3v) is 5.92. The van der Waals surface area contributed by atoms with E-state index in [4.69, 9.17) is 21.6 Å². The largest absolute Gasteiger partial charge is 0.507 e. The molecule has 0 aliphatic carbocycles. The second-order valence-corrected chi connectivity index (χ2v) is 8.67. The van der Waals surface area contributed by atoms with E-state index in [0.29, 0.717) is 11.3 Å². The summed E-state index contributed by atoms with van der Waals surface area (Å²) in [6.45, 7) is -0.704. The number of nitrogens with one attached hydrogen (secondary N) is 2. The number of carbonyl (C=O) groups is 2. The monoisotopic (exact) mass is 485 g/mol. The lowest BCUT2D eigenvalue weighted by atomic mass is 10.2. The van der Waals surface area contributed by atoms with Crippen molar-refractivity contribution in [1.29, 1.82) is 5.26 Å². The molecule has 0 fully saturated rings. The van der Waals surface area contributed by atoms with Crippen LogP contribution in [0.2, 0.25) is 5.02 Å². The number of rotatable bonds is 7. The van der Waals surface area contributed by atoms with Gasteiger partial charge in [0.15, 0.2) is 6.61 Å². The number of aromatic hydroxyl groups is 1. The number of nitrogens with zero attached hydrogens (tertiary/aromatic N) is 1. The first-order valence-corrected chi connectivity index (χ1v) is 11.1. The number of benzene rings is 3. The van der Waals surface area contributed by atoms with Gasteiger partial charge in [0, 0.05) is 5.69 Å². The Morgan fingerprint density at radius 2 is 1.82 bits per heavy atom. The molecule has 0 heterocycles. The number of phenolic OH excluding ortho intramolecular Hbond substituents is 1. The van der Waals surface area contributed by atoms with Crippen molar-refractivity contribution in [1.82, 2.24) is 0 Å². The number of amides is 1. The molecule has 0 bridgehead atoms. The Hall–Kier alpha value is -4.07. The van der Waals surface area contributed by atoms with Gasteiger partial charge in [0.25, 0.3) is 15.9 Å². The van der Waals surface area contributed by atoms with E-state index in [1.54, 1.807) is 30.3 Å². The molecule has 33 heavy (non-hydrogen) atoms. The SMILES string of the molecule is N#Cc1cccc(NC(=O)COC(=O)c2cc(S(=O)(=O)Nc3ccccc3Cl)ccc2O)c1. The Labute approximate surface area is 194 Å². The number of nitriles is 1. The summed E-state index contributed by atoms with van der Waals surface area (Å²) in [5.74, 6) is -2.33. The second kappa shape index (κ2) is 10.0. The molecule has 0 atom stereocenters. The lowest BCUT2D eigenvalue weighted by Crippen LogP contribution is -2.21. The van der Waals surface area contributed by atoms with Gasteiger partial charge < -0.3 is 15.2 Å². The fourth-order valence-electron chi connectivity index (χ4n) is 2.67. The summed E-state index contributed by atoms with van der Waals surface area (Å²) >= 11 is 5.98. The normalized spacial score (nSPS) is 10.7. The molecule has 3 rings (SSSR count). The molecular weight excluding hydrogens is 470 g/mol. The molecule has 0 radical (unpaired) electrons. The van der Waals surface area contributed by atoms with Crippen LogP contribution in [0.3, 0.4) is 0 Å². The molecule has 0 saturated carbocycles. The van der Waals surface area contributed by atoms with Crippen LogP contribution < -0.4 is 10.0 Å². The maximum atomic E-state index is 12.7. The molecule has 0 unspecified atom stereocenters. The highest BCUT2D eigenvalue weighted by atomic mass is 35.5. The van der Waals surface area contributed by atoms with Crippen LogP contribution in [0.25, 0.3) is 0 Å². The van der Waals surface area contributed by atoms with E-state index in [1.165, 1.54) is 18.2 Å². The van der Waals surface area contributed by atoms with E-state index in [9.17, 15) is 23.1 Å². The molecule has 11 heteroatoms. The number of sulfonamides is 1. The smallest absolute Gasteiger partial charge is 0.342 e. The van der Waals surface area contributed by atoms with Gasteiger partial charge in [0.2, 0.25) is 0 Å². The average Bonchev–Trinajstić information content (AvgIpc) is 2.79. The van der Waals surface area contributed by atoms with E-state index in [-0.39, 0.29) is 15.6 Å². The van der Waals surface area contributed by atoms with Crippen molar-refractivity contribution in [3.05, 3.63) is 82.9 Å². The van der Waals surface area contributed by atoms with Gasteiger partial charge >= 0.3 is 5.97 Å². The fraction of sp³-hybridized carbons (Fsp3) is 0.0455. The minimum absolute atomic E-state index is 0.133. The van der Waals surface area contributed by atoms with Crippen LogP contribution in [0.5, 0.6) is 5.75 Å². The number of halogens is 1. The lowest BCUT2D eigenvalue weighted by Gasteiger charge is -2.12. The van der Waals surface area contributed by atoms with Crippen molar-refractivity contribution in [2.24, 2.45) is 0 Å². The van der Waals surface area contributed by atoms with Crippen molar-refractivity contribution in [3.8, 4) is 11.8 Å². The average molecular weight is 486 g/mol. The van der Waals surface area contributed by atoms with Crippen molar-refractivity contribution < 1.29 is 27.9 Å². The second-order valence-electron chi connectivity index (χ2n) is 6.58. The van der Waals surface area contributed by atoms with E-state index in [1.807, 2.05) is 6.07 Å². The highest BCUT2D eigenvalue weighted by Crippen LogP contribution is 2.27. The molecule has 3 N–H and O–H groups in total. The number of para-hydroxylation sites is 1. The highest BCUT2D eigenvalue weighted by molar-refractivity contribution is 7.92. The zero-order valence-electron chi connectivity index (χ0n) is 16.8.